The van der Waals surface area contributed by atoms with E-state index in [1.165, 1.54) is 0 Å². The molecule has 1 rings (SSSR count). The van der Waals surface area contributed by atoms with Crippen molar-refractivity contribution in [3.63, 3.8) is 0 Å². The molecule has 0 spiro atoms. The molecule has 1 unspecified atom stereocenters. The average Bonchev–Trinajstić information content (AvgIpc) is 2.23. The van der Waals surface area contributed by atoms with Crippen LogP contribution < -0.4 is 5.32 Å². The minimum Gasteiger partial charge on any atom is -0.379 e. The van der Waals surface area contributed by atoms with Crippen LogP contribution >= 0.6 is 0 Å². The molecule has 0 amide bonds. The van der Waals surface area contributed by atoms with E-state index in [1.807, 2.05) is 6.92 Å². The van der Waals surface area contributed by atoms with Crippen molar-refractivity contribution in [2.24, 2.45) is 5.41 Å². The quantitative estimate of drug-likeness (QED) is 0.716. The van der Waals surface area contributed by atoms with Crippen molar-refractivity contribution >= 4 is 0 Å². The van der Waals surface area contributed by atoms with E-state index in [-0.39, 0.29) is 11.5 Å². The van der Waals surface area contributed by atoms with Gasteiger partial charge in [-0.1, -0.05) is 13.8 Å². The predicted molar refractivity (Wildman–Crippen MR) is 52.9 cm³/mol. The monoisotopic (exact) mass is 187 g/mol. The van der Waals surface area contributed by atoms with Crippen molar-refractivity contribution in [2.45, 2.75) is 26.9 Å². The van der Waals surface area contributed by atoms with Crippen LogP contribution in [0, 0.1) is 5.41 Å². The van der Waals surface area contributed by atoms with E-state index in [0.717, 1.165) is 26.3 Å². The van der Waals surface area contributed by atoms with Gasteiger partial charge in [-0.05, 0) is 6.92 Å². The van der Waals surface area contributed by atoms with Gasteiger partial charge in [0.2, 0.25) is 0 Å². The molecular formula is C10H21NO2. The van der Waals surface area contributed by atoms with Gasteiger partial charge >= 0.3 is 0 Å². The Bertz CT molecular complexity index is 148. The Kier molecular flexibility index (Phi) is 4.16. The zero-order chi connectivity index (χ0) is 9.73. The lowest BCUT2D eigenvalue weighted by atomic mass is 9.95. The van der Waals surface area contributed by atoms with Gasteiger partial charge in [0.05, 0.1) is 19.3 Å². The maximum Gasteiger partial charge on any atom is 0.0932 e. The number of hydrogen-bond donors (Lipinski definition) is 1. The van der Waals surface area contributed by atoms with Crippen LogP contribution in [0.4, 0.5) is 0 Å². The van der Waals surface area contributed by atoms with Crippen LogP contribution in [0.25, 0.3) is 0 Å². The zero-order valence-corrected chi connectivity index (χ0v) is 8.93. The Morgan fingerprint density at radius 1 is 1.54 bits per heavy atom. The van der Waals surface area contributed by atoms with Gasteiger partial charge in [0, 0.05) is 25.1 Å². The van der Waals surface area contributed by atoms with Crippen molar-refractivity contribution < 1.29 is 9.47 Å². The van der Waals surface area contributed by atoms with Crippen LogP contribution in [0.15, 0.2) is 0 Å². The summed E-state index contributed by atoms with van der Waals surface area (Å²) in [7, 11) is 0. The summed E-state index contributed by atoms with van der Waals surface area (Å²) in [5, 5.41) is 3.39. The van der Waals surface area contributed by atoms with E-state index < -0.39 is 0 Å². The second-order valence-corrected chi connectivity index (χ2v) is 4.39. The molecule has 0 saturated carbocycles. The third-order valence-electron chi connectivity index (χ3n) is 2.19. The number of nitrogens with one attached hydrogen (secondary N) is 1. The summed E-state index contributed by atoms with van der Waals surface area (Å²) in [6.45, 7) is 10.7. The van der Waals surface area contributed by atoms with E-state index in [4.69, 9.17) is 9.47 Å². The molecule has 1 heterocycles. The third kappa shape index (κ3) is 4.07. The van der Waals surface area contributed by atoms with E-state index in [9.17, 15) is 0 Å². The molecule has 1 aliphatic rings. The Hall–Kier alpha value is -0.120. The molecule has 1 saturated heterocycles. The largest absolute Gasteiger partial charge is 0.379 e. The molecule has 3 nitrogen and oxygen atoms in total. The van der Waals surface area contributed by atoms with E-state index >= 15 is 0 Å². The van der Waals surface area contributed by atoms with E-state index in [0.29, 0.717) is 6.61 Å². The normalized spacial score (nSPS) is 28.4. The van der Waals surface area contributed by atoms with E-state index in [2.05, 4.69) is 19.2 Å². The van der Waals surface area contributed by atoms with Crippen molar-refractivity contribution in [3.05, 3.63) is 0 Å². The molecule has 13 heavy (non-hydrogen) atoms. The van der Waals surface area contributed by atoms with Crippen LogP contribution in [-0.2, 0) is 9.47 Å². The lowest BCUT2D eigenvalue weighted by Crippen LogP contribution is -2.31. The summed E-state index contributed by atoms with van der Waals surface area (Å²) >= 11 is 0. The highest BCUT2D eigenvalue weighted by atomic mass is 16.5. The summed E-state index contributed by atoms with van der Waals surface area (Å²) in [4.78, 5) is 0. The SMILES string of the molecule is CCOCC1CNCC(C)(C)CO1. The molecule has 3 heteroatoms. The fraction of sp³-hybridized carbons (Fsp3) is 1.00. The summed E-state index contributed by atoms with van der Waals surface area (Å²) in [6.07, 6.45) is 0.224. The highest BCUT2D eigenvalue weighted by molar-refractivity contribution is 4.77. The van der Waals surface area contributed by atoms with Gasteiger partial charge in [-0.2, -0.15) is 0 Å². The molecule has 0 aromatic carbocycles. The molecule has 0 aromatic rings. The zero-order valence-electron chi connectivity index (χ0n) is 8.93. The predicted octanol–water partition coefficient (Wildman–Crippen LogP) is 1.04. The fourth-order valence-corrected chi connectivity index (χ4v) is 1.38. The molecule has 1 N–H and O–H groups in total. The maximum atomic E-state index is 5.73. The summed E-state index contributed by atoms with van der Waals surface area (Å²) in [5.74, 6) is 0. The second kappa shape index (κ2) is 4.94. The van der Waals surface area contributed by atoms with Crippen LogP contribution in [-0.4, -0.2) is 39.0 Å². The molecule has 1 fully saturated rings. The Balaban J connectivity index is 2.28. The first-order valence-electron chi connectivity index (χ1n) is 5.04. The molecule has 1 atom stereocenters. The van der Waals surface area contributed by atoms with Crippen LogP contribution in [0.5, 0.6) is 0 Å². The first-order valence-corrected chi connectivity index (χ1v) is 5.04. The molecule has 0 aromatic heterocycles. The highest BCUT2D eigenvalue weighted by Crippen LogP contribution is 2.17. The highest BCUT2D eigenvalue weighted by Gasteiger charge is 2.24. The number of rotatable bonds is 3. The van der Waals surface area contributed by atoms with Crippen LogP contribution in [0.3, 0.4) is 0 Å². The van der Waals surface area contributed by atoms with Gasteiger partial charge in [-0.25, -0.2) is 0 Å². The van der Waals surface area contributed by atoms with Crippen LogP contribution in [0.2, 0.25) is 0 Å². The third-order valence-corrected chi connectivity index (χ3v) is 2.19. The molecule has 0 bridgehead atoms. The van der Waals surface area contributed by atoms with Gasteiger partial charge in [-0.15, -0.1) is 0 Å². The topological polar surface area (TPSA) is 30.5 Å². The average molecular weight is 187 g/mol. The van der Waals surface area contributed by atoms with Gasteiger partial charge in [0.25, 0.3) is 0 Å². The molecular weight excluding hydrogens is 166 g/mol. The van der Waals surface area contributed by atoms with Gasteiger partial charge < -0.3 is 14.8 Å². The maximum absolute atomic E-state index is 5.73. The second-order valence-electron chi connectivity index (χ2n) is 4.39. The summed E-state index contributed by atoms with van der Waals surface area (Å²) in [6, 6.07) is 0. The number of hydrogen-bond acceptors (Lipinski definition) is 3. The van der Waals surface area contributed by atoms with Crippen molar-refractivity contribution in [1.29, 1.82) is 0 Å². The van der Waals surface area contributed by atoms with Crippen LogP contribution in [0.1, 0.15) is 20.8 Å². The first kappa shape index (κ1) is 11.0. The lowest BCUT2D eigenvalue weighted by molar-refractivity contribution is -0.0244. The smallest absolute Gasteiger partial charge is 0.0932 e. The molecule has 0 radical (unpaired) electrons. The summed E-state index contributed by atoms with van der Waals surface area (Å²) < 4.78 is 11.1. The number of ether oxygens (including phenoxy) is 2. The molecule has 0 aliphatic carbocycles. The Morgan fingerprint density at radius 3 is 3.00 bits per heavy atom. The minimum absolute atomic E-state index is 0.224. The Labute approximate surface area is 80.8 Å². The van der Waals surface area contributed by atoms with E-state index in [1.54, 1.807) is 0 Å². The van der Waals surface area contributed by atoms with Gasteiger partial charge in [0.15, 0.2) is 0 Å². The van der Waals surface area contributed by atoms with Gasteiger partial charge in [0.1, 0.15) is 0 Å². The van der Waals surface area contributed by atoms with Crippen molar-refractivity contribution in [2.75, 3.05) is 32.9 Å². The van der Waals surface area contributed by atoms with Gasteiger partial charge in [-0.3, -0.25) is 0 Å². The standard InChI is InChI=1S/C10H21NO2/c1-4-12-6-9-5-11-7-10(2,3)8-13-9/h9,11H,4-8H2,1-3H3. The van der Waals surface area contributed by atoms with Crippen molar-refractivity contribution in [1.82, 2.24) is 5.32 Å². The first-order chi connectivity index (χ1) is 6.14. The molecule has 1 aliphatic heterocycles. The molecule has 78 valence electrons. The lowest BCUT2D eigenvalue weighted by Gasteiger charge is -2.21. The fourth-order valence-electron chi connectivity index (χ4n) is 1.38. The summed E-state index contributed by atoms with van der Waals surface area (Å²) in [5.41, 5.74) is 0.251. The van der Waals surface area contributed by atoms with Crippen molar-refractivity contribution in [3.8, 4) is 0 Å². The Morgan fingerprint density at radius 2 is 2.31 bits per heavy atom. The minimum atomic E-state index is 0.224.